The van der Waals surface area contributed by atoms with Crippen LogP contribution in [0.1, 0.15) is 10.4 Å². The Hall–Kier alpha value is -2.62. The highest BCUT2D eigenvalue weighted by Crippen LogP contribution is 2.33. The van der Waals surface area contributed by atoms with Gasteiger partial charge in [-0.25, -0.2) is 0 Å². The Morgan fingerprint density at radius 2 is 2.16 bits per heavy atom. The van der Waals surface area contributed by atoms with Crippen molar-refractivity contribution in [1.82, 2.24) is 4.98 Å². The van der Waals surface area contributed by atoms with Gasteiger partial charge in [0.1, 0.15) is 12.0 Å². The third-order valence-electron chi connectivity index (χ3n) is 2.88. The van der Waals surface area contributed by atoms with E-state index in [0.717, 1.165) is 17.4 Å². The molecule has 0 aliphatic carbocycles. The van der Waals surface area contributed by atoms with Gasteiger partial charge in [-0.05, 0) is 30.3 Å². The van der Waals surface area contributed by atoms with Crippen molar-refractivity contribution in [2.24, 2.45) is 0 Å². The van der Waals surface area contributed by atoms with Gasteiger partial charge in [-0.2, -0.15) is 0 Å². The van der Waals surface area contributed by atoms with Crippen LogP contribution in [-0.4, -0.2) is 18.4 Å². The van der Waals surface area contributed by atoms with E-state index in [1.54, 1.807) is 25.4 Å². The maximum Gasteiger partial charge on any atom is 0.176 e. The molecule has 2 aromatic heterocycles. The number of pyridine rings is 1. The van der Waals surface area contributed by atoms with E-state index < -0.39 is 0 Å². The molecule has 3 aromatic rings. The molecule has 0 bridgehead atoms. The van der Waals surface area contributed by atoms with E-state index in [1.165, 1.54) is 0 Å². The van der Waals surface area contributed by atoms with Gasteiger partial charge < -0.3 is 9.15 Å². The third kappa shape index (κ3) is 1.97. The summed E-state index contributed by atoms with van der Waals surface area (Å²) in [4.78, 5) is 15.1. The van der Waals surface area contributed by atoms with Crippen molar-refractivity contribution in [2.45, 2.75) is 0 Å². The predicted octanol–water partition coefficient (Wildman–Crippen LogP) is 3.32. The molecule has 19 heavy (non-hydrogen) atoms. The molecule has 0 unspecified atom stereocenters. The van der Waals surface area contributed by atoms with Gasteiger partial charge in [0.2, 0.25) is 0 Å². The second-order valence-electron chi connectivity index (χ2n) is 4.08. The Labute approximate surface area is 109 Å². The van der Waals surface area contributed by atoms with E-state index in [1.807, 2.05) is 24.3 Å². The SMILES string of the molecule is COc1cc(C=O)cc2cc(-c3ccccn3)oc12. The van der Waals surface area contributed by atoms with Crippen molar-refractivity contribution in [3.8, 4) is 17.2 Å². The molecule has 0 atom stereocenters. The first-order valence-corrected chi connectivity index (χ1v) is 5.80. The van der Waals surface area contributed by atoms with Gasteiger partial charge in [0.25, 0.3) is 0 Å². The van der Waals surface area contributed by atoms with Gasteiger partial charge in [-0.3, -0.25) is 9.78 Å². The zero-order valence-corrected chi connectivity index (χ0v) is 10.3. The van der Waals surface area contributed by atoms with Crippen molar-refractivity contribution in [1.29, 1.82) is 0 Å². The molecule has 0 saturated heterocycles. The first kappa shape index (κ1) is 11.5. The molecule has 0 aliphatic rings. The topological polar surface area (TPSA) is 52.3 Å². The lowest BCUT2D eigenvalue weighted by molar-refractivity contribution is 0.112. The zero-order valence-electron chi connectivity index (χ0n) is 10.3. The van der Waals surface area contributed by atoms with Crippen LogP contribution in [0.25, 0.3) is 22.4 Å². The van der Waals surface area contributed by atoms with Crippen LogP contribution >= 0.6 is 0 Å². The van der Waals surface area contributed by atoms with Crippen LogP contribution in [0.15, 0.2) is 47.0 Å². The fourth-order valence-electron chi connectivity index (χ4n) is 2.00. The van der Waals surface area contributed by atoms with Crippen LogP contribution in [0.4, 0.5) is 0 Å². The monoisotopic (exact) mass is 253 g/mol. The van der Waals surface area contributed by atoms with E-state index in [4.69, 9.17) is 9.15 Å². The van der Waals surface area contributed by atoms with E-state index in [9.17, 15) is 4.79 Å². The number of hydrogen-bond acceptors (Lipinski definition) is 4. The van der Waals surface area contributed by atoms with Crippen molar-refractivity contribution in [2.75, 3.05) is 7.11 Å². The van der Waals surface area contributed by atoms with Gasteiger partial charge in [0, 0.05) is 17.1 Å². The summed E-state index contributed by atoms with van der Waals surface area (Å²) < 4.78 is 11.0. The standard InChI is InChI=1S/C15H11NO3/c1-18-14-7-10(9-17)6-11-8-13(19-15(11)14)12-4-2-3-5-16-12/h2-9H,1H3. The molecule has 4 nitrogen and oxygen atoms in total. The van der Waals surface area contributed by atoms with E-state index in [2.05, 4.69) is 4.98 Å². The normalized spacial score (nSPS) is 10.6. The molecule has 94 valence electrons. The Kier molecular flexibility index (Phi) is 2.76. The smallest absolute Gasteiger partial charge is 0.176 e. The van der Waals surface area contributed by atoms with Crippen LogP contribution in [0.5, 0.6) is 5.75 Å². The minimum Gasteiger partial charge on any atom is -0.493 e. The van der Waals surface area contributed by atoms with Crippen molar-refractivity contribution < 1.29 is 13.9 Å². The molecular weight excluding hydrogens is 242 g/mol. The quantitative estimate of drug-likeness (QED) is 0.672. The molecule has 0 spiro atoms. The highest BCUT2D eigenvalue weighted by molar-refractivity contribution is 5.92. The summed E-state index contributed by atoms with van der Waals surface area (Å²) in [5.74, 6) is 1.19. The Bertz CT molecular complexity index is 732. The van der Waals surface area contributed by atoms with E-state index >= 15 is 0 Å². The largest absolute Gasteiger partial charge is 0.493 e. The number of ether oxygens (including phenoxy) is 1. The fraction of sp³-hybridized carbons (Fsp3) is 0.0667. The minimum atomic E-state index is 0.543. The number of furan rings is 1. The number of hydrogen-bond donors (Lipinski definition) is 0. The highest BCUT2D eigenvalue weighted by atomic mass is 16.5. The van der Waals surface area contributed by atoms with E-state index in [0.29, 0.717) is 22.7 Å². The Balaban J connectivity index is 2.23. The van der Waals surface area contributed by atoms with Crippen LogP contribution in [0.2, 0.25) is 0 Å². The van der Waals surface area contributed by atoms with Crippen LogP contribution in [0, 0.1) is 0 Å². The maximum atomic E-state index is 10.9. The lowest BCUT2D eigenvalue weighted by atomic mass is 10.1. The summed E-state index contributed by atoms with van der Waals surface area (Å²) >= 11 is 0. The van der Waals surface area contributed by atoms with Gasteiger partial charge in [0.15, 0.2) is 17.1 Å². The fourth-order valence-corrected chi connectivity index (χ4v) is 2.00. The number of aldehydes is 1. The molecule has 1 aromatic carbocycles. The number of carbonyl (C=O) groups is 1. The molecule has 0 radical (unpaired) electrons. The number of benzene rings is 1. The maximum absolute atomic E-state index is 10.9. The minimum absolute atomic E-state index is 0.543. The molecular formula is C15H11NO3. The number of nitrogens with zero attached hydrogens (tertiary/aromatic N) is 1. The predicted molar refractivity (Wildman–Crippen MR) is 71.4 cm³/mol. The van der Waals surface area contributed by atoms with Crippen LogP contribution in [-0.2, 0) is 0 Å². The first-order valence-electron chi connectivity index (χ1n) is 5.80. The molecule has 0 amide bonds. The van der Waals surface area contributed by atoms with Crippen LogP contribution in [0.3, 0.4) is 0 Å². The zero-order chi connectivity index (χ0) is 13.2. The number of carbonyl (C=O) groups excluding carboxylic acids is 1. The van der Waals surface area contributed by atoms with Crippen LogP contribution < -0.4 is 4.74 Å². The molecule has 0 fully saturated rings. The Morgan fingerprint density at radius 1 is 1.26 bits per heavy atom. The van der Waals surface area contributed by atoms with Gasteiger partial charge in [0.05, 0.1) is 7.11 Å². The van der Waals surface area contributed by atoms with Gasteiger partial charge >= 0.3 is 0 Å². The Morgan fingerprint density at radius 3 is 2.84 bits per heavy atom. The van der Waals surface area contributed by atoms with E-state index in [-0.39, 0.29) is 0 Å². The lowest BCUT2D eigenvalue weighted by Crippen LogP contribution is -1.86. The van der Waals surface area contributed by atoms with Crippen molar-refractivity contribution >= 4 is 17.3 Å². The van der Waals surface area contributed by atoms with Gasteiger partial charge in [-0.15, -0.1) is 0 Å². The third-order valence-corrected chi connectivity index (χ3v) is 2.88. The van der Waals surface area contributed by atoms with Gasteiger partial charge in [-0.1, -0.05) is 6.07 Å². The summed E-state index contributed by atoms with van der Waals surface area (Å²) in [6.07, 6.45) is 2.49. The average molecular weight is 253 g/mol. The summed E-state index contributed by atoms with van der Waals surface area (Å²) in [7, 11) is 1.55. The molecule has 2 heterocycles. The summed E-state index contributed by atoms with van der Waals surface area (Å²) in [5.41, 5.74) is 1.92. The number of aromatic nitrogens is 1. The lowest BCUT2D eigenvalue weighted by Gasteiger charge is -2.01. The number of methoxy groups -OCH3 is 1. The number of rotatable bonds is 3. The average Bonchev–Trinajstić information content (AvgIpc) is 2.91. The molecule has 3 rings (SSSR count). The molecule has 0 N–H and O–H groups in total. The van der Waals surface area contributed by atoms with Crippen molar-refractivity contribution in [3.05, 3.63) is 48.2 Å². The second kappa shape index (κ2) is 4.57. The van der Waals surface area contributed by atoms with Crippen molar-refractivity contribution in [3.63, 3.8) is 0 Å². The summed E-state index contributed by atoms with van der Waals surface area (Å²) in [6, 6.07) is 10.9. The first-order chi connectivity index (χ1) is 9.31. The number of fused-ring (bicyclic) bond motifs is 1. The second-order valence-corrected chi connectivity index (χ2v) is 4.08. The molecule has 0 aliphatic heterocycles. The molecule has 4 heteroatoms. The molecule has 0 saturated carbocycles. The summed E-state index contributed by atoms with van der Waals surface area (Å²) in [5, 5.41) is 0.821. The summed E-state index contributed by atoms with van der Waals surface area (Å²) in [6.45, 7) is 0. The highest BCUT2D eigenvalue weighted by Gasteiger charge is 2.12.